The van der Waals surface area contributed by atoms with Gasteiger partial charge in [0, 0.05) is 49.3 Å². The largest absolute Gasteiger partial charge is 0.372 e. The van der Waals surface area contributed by atoms with Gasteiger partial charge in [0.1, 0.15) is 23.0 Å². The lowest BCUT2D eigenvalue weighted by molar-refractivity contribution is -0.148. The lowest BCUT2D eigenvalue weighted by Crippen LogP contribution is -2.55. The molecule has 1 aliphatic heterocycles. The van der Waals surface area contributed by atoms with Gasteiger partial charge in [-0.2, -0.15) is 0 Å². The zero-order valence-corrected chi connectivity index (χ0v) is 27.1. The van der Waals surface area contributed by atoms with E-state index in [0.717, 1.165) is 45.6 Å². The number of ether oxygens (including phenoxy) is 1. The number of aryl methyl sites for hydroxylation is 3. The van der Waals surface area contributed by atoms with Crippen molar-refractivity contribution in [2.24, 2.45) is 5.73 Å². The molecule has 0 saturated carbocycles. The number of nitrogens with two attached hydrogens (primary N) is 1. The van der Waals surface area contributed by atoms with E-state index in [4.69, 9.17) is 33.7 Å². The summed E-state index contributed by atoms with van der Waals surface area (Å²) >= 11 is 11.8. The van der Waals surface area contributed by atoms with Gasteiger partial charge >= 0.3 is 0 Å². The zero-order valence-electron chi connectivity index (χ0n) is 24.8. The SMILES string of the molecule is Cc1cc(-c2cc(Cl)ncn2)ccc1CCC(=O)N1CC(OC(C)C)C1.Cc1cc(-c2cc(Cl)ncn2)ccc1CN.Cl. The number of hydrogen-bond donors (Lipinski definition) is 1. The molecule has 1 amide bonds. The number of amides is 1. The average molecular weight is 644 g/mol. The van der Waals surface area contributed by atoms with Crippen molar-refractivity contribution in [2.45, 2.75) is 59.3 Å². The number of nitrogens with zero attached hydrogens (tertiary/aromatic N) is 5. The standard InChI is InChI=1S/C20H24ClN3O2.C12H12ClN3.ClH/c1-13(2)26-17-10-24(11-17)20(25)7-6-15-4-5-16(8-14(15)3)18-9-19(21)23-12-22-18;1-8-4-9(2-3-10(8)6-14)11-5-12(13)16-7-15-11;/h4-5,8-9,12-13,17H,6-7,10-11H2,1-3H3;2-5,7H,6,14H2,1H3;1H. The van der Waals surface area contributed by atoms with Crippen LogP contribution in [0.2, 0.25) is 10.3 Å². The first-order valence-electron chi connectivity index (χ1n) is 13.9. The summed E-state index contributed by atoms with van der Waals surface area (Å²) in [6, 6.07) is 15.7. The Bertz CT molecular complexity index is 1530. The van der Waals surface area contributed by atoms with Crippen LogP contribution in [0.4, 0.5) is 0 Å². The van der Waals surface area contributed by atoms with Gasteiger partial charge in [-0.05, 0) is 68.5 Å². The minimum Gasteiger partial charge on any atom is -0.372 e. The smallest absolute Gasteiger partial charge is 0.223 e. The van der Waals surface area contributed by atoms with E-state index >= 15 is 0 Å². The van der Waals surface area contributed by atoms with Crippen molar-refractivity contribution >= 4 is 41.5 Å². The highest BCUT2D eigenvalue weighted by atomic mass is 35.5. The predicted octanol–water partition coefficient (Wildman–Crippen LogP) is 6.66. The summed E-state index contributed by atoms with van der Waals surface area (Å²) < 4.78 is 5.70. The van der Waals surface area contributed by atoms with E-state index in [2.05, 4.69) is 45.1 Å². The predicted molar refractivity (Wildman–Crippen MR) is 174 cm³/mol. The maximum Gasteiger partial charge on any atom is 0.223 e. The molecule has 0 unspecified atom stereocenters. The fourth-order valence-electron chi connectivity index (χ4n) is 4.72. The van der Waals surface area contributed by atoms with Gasteiger partial charge in [-0.15, -0.1) is 12.4 Å². The van der Waals surface area contributed by atoms with E-state index in [-0.39, 0.29) is 30.5 Å². The number of benzene rings is 2. The molecular formula is C32H37Cl3N6O2. The Hall–Kier alpha value is -3.14. The van der Waals surface area contributed by atoms with Gasteiger partial charge in [-0.1, -0.05) is 47.5 Å². The lowest BCUT2D eigenvalue weighted by Gasteiger charge is -2.40. The molecule has 0 radical (unpaired) electrons. The molecular weight excluding hydrogens is 607 g/mol. The molecule has 2 aromatic carbocycles. The van der Waals surface area contributed by atoms with Crippen LogP contribution in [-0.2, 0) is 22.5 Å². The molecule has 11 heteroatoms. The number of rotatable bonds is 8. The summed E-state index contributed by atoms with van der Waals surface area (Å²) in [5.74, 6) is 0.194. The molecule has 0 bridgehead atoms. The van der Waals surface area contributed by atoms with Crippen LogP contribution >= 0.6 is 35.6 Å². The van der Waals surface area contributed by atoms with E-state index in [9.17, 15) is 4.79 Å². The Morgan fingerprint density at radius 1 is 0.884 bits per heavy atom. The molecule has 43 heavy (non-hydrogen) atoms. The molecule has 8 nitrogen and oxygen atoms in total. The number of likely N-dealkylation sites (tertiary alicyclic amines) is 1. The van der Waals surface area contributed by atoms with Crippen LogP contribution in [0, 0.1) is 13.8 Å². The molecule has 2 N–H and O–H groups in total. The first-order valence-corrected chi connectivity index (χ1v) is 14.7. The third-order valence-electron chi connectivity index (χ3n) is 7.04. The fourth-order valence-corrected chi connectivity index (χ4v) is 5.01. The van der Waals surface area contributed by atoms with Crippen molar-refractivity contribution in [1.82, 2.24) is 24.8 Å². The topological polar surface area (TPSA) is 107 Å². The highest BCUT2D eigenvalue weighted by Gasteiger charge is 2.31. The van der Waals surface area contributed by atoms with Gasteiger partial charge in [0.05, 0.1) is 23.6 Å². The van der Waals surface area contributed by atoms with E-state index in [1.165, 1.54) is 18.2 Å². The van der Waals surface area contributed by atoms with Crippen LogP contribution in [0.25, 0.3) is 22.5 Å². The van der Waals surface area contributed by atoms with Crippen LogP contribution in [-0.4, -0.2) is 56.0 Å². The van der Waals surface area contributed by atoms with Crippen molar-refractivity contribution in [1.29, 1.82) is 0 Å². The zero-order chi connectivity index (χ0) is 30.2. The Morgan fingerprint density at radius 2 is 1.40 bits per heavy atom. The van der Waals surface area contributed by atoms with Gasteiger partial charge in [0.25, 0.3) is 0 Å². The fraction of sp³-hybridized carbons (Fsp3) is 0.344. The van der Waals surface area contributed by atoms with Crippen LogP contribution in [0.15, 0.2) is 61.2 Å². The van der Waals surface area contributed by atoms with Crippen molar-refractivity contribution in [3.8, 4) is 22.5 Å². The Balaban J connectivity index is 0.000000256. The summed E-state index contributed by atoms with van der Waals surface area (Å²) in [4.78, 5) is 30.4. The summed E-state index contributed by atoms with van der Waals surface area (Å²) in [5.41, 5.74) is 13.9. The summed E-state index contributed by atoms with van der Waals surface area (Å²) in [6.45, 7) is 10.1. The normalized spacial score (nSPS) is 12.7. The number of carbonyl (C=O) groups is 1. The number of hydrogen-bond acceptors (Lipinski definition) is 7. The van der Waals surface area contributed by atoms with Crippen LogP contribution < -0.4 is 5.73 Å². The molecule has 0 aliphatic carbocycles. The monoisotopic (exact) mass is 642 g/mol. The van der Waals surface area contributed by atoms with E-state index in [1.807, 2.05) is 43.9 Å². The maximum atomic E-state index is 12.3. The first kappa shape index (κ1) is 34.4. The Kier molecular flexibility index (Phi) is 12.8. The summed E-state index contributed by atoms with van der Waals surface area (Å²) in [7, 11) is 0. The summed E-state index contributed by atoms with van der Waals surface area (Å²) in [6.07, 6.45) is 4.59. The van der Waals surface area contributed by atoms with Crippen LogP contribution in [0.1, 0.15) is 42.5 Å². The van der Waals surface area contributed by atoms with Crippen LogP contribution in [0.3, 0.4) is 0 Å². The third-order valence-corrected chi connectivity index (χ3v) is 7.45. The van der Waals surface area contributed by atoms with Gasteiger partial charge < -0.3 is 15.4 Å². The molecule has 0 atom stereocenters. The van der Waals surface area contributed by atoms with Crippen molar-refractivity contribution in [2.75, 3.05) is 13.1 Å². The van der Waals surface area contributed by atoms with Gasteiger partial charge in [-0.3, -0.25) is 4.79 Å². The third kappa shape index (κ3) is 9.68. The Labute approximate surface area is 269 Å². The van der Waals surface area contributed by atoms with Crippen molar-refractivity contribution < 1.29 is 9.53 Å². The Morgan fingerprint density at radius 3 is 1.84 bits per heavy atom. The molecule has 5 rings (SSSR count). The molecule has 4 aromatic rings. The molecule has 0 spiro atoms. The molecule has 1 saturated heterocycles. The van der Waals surface area contributed by atoms with Crippen molar-refractivity contribution in [3.05, 3.63) is 93.7 Å². The molecule has 1 aliphatic rings. The van der Waals surface area contributed by atoms with E-state index in [1.54, 1.807) is 12.1 Å². The van der Waals surface area contributed by atoms with Gasteiger partial charge in [-0.25, -0.2) is 19.9 Å². The van der Waals surface area contributed by atoms with Gasteiger partial charge in [0.2, 0.25) is 5.91 Å². The quantitative estimate of drug-likeness (QED) is 0.214. The van der Waals surface area contributed by atoms with E-state index < -0.39 is 0 Å². The van der Waals surface area contributed by atoms with Crippen molar-refractivity contribution in [3.63, 3.8) is 0 Å². The lowest BCUT2D eigenvalue weighted by atomic mass is 9.99. The first-order chi connectivity index (χ1) is 20.1. The second kappa shape index (κ2) is 16.1. The minimum absolute atomic E-state index is 0. The summed E-state index contributed by atoms with van der Waals surface area (Å²) in [5, 5.41) is 0.877. The van der Waals surface area contributed by atoms with Crippen LogP contribution in [0.5, 0.6) is 0 Å². The molecule has 1 fully saturated rings. The number of halogens is 3. The highest BCUT2D eigenvalue weighted by Crippen LogP contribution is 2.24. The van der Waals surface area contributed by atoms with Gasteiger partial charge in [0.15, 0.2) is 0 Å². The second-order valence-electron chi connectivity index (χ2n) is 10.5. The molecule has 2 aromatic heterocycles. The molecule has 3 heterocycles. The molecule has 228 valence electrons. The second-order valence-corrected chi connectivity index (χ2v) is 11.3. The number of aromatic nitrogens is 4. The number of carbonyl (C=O) groups excluding carboxylic acids is 1. The highest BCUT2D eigenvalue weighted by molar-refractivity contribution is 6.29. The maximum absolute atomic E-state index is 12.3. The van der Waals surface area contributed by atoms with E-state index in [0.29, 0.717) is 36.4 Å². The minimum atomic E-state index is 0. The average Bonchev–Trinajstić information content (AvgIpc) is 2.94.